The van der Waals surface area contributed by atoms with Crippen molar-refractivity contribution in [3.63, 3.8) is 0 Å². The molecule has 0 saturated heterocycles. The van der Waals surface area contributed by atoms with E-state index < -0.39 is 41.9 Å². The highest BCUT2D eigenvalue weighted by Gasteiger charge is 2.52. The Kier molecular flexibility index (Phi) is 3.25. The number of methoxy groups -OCH3 is 1. The Morgan fingerprint density at radius 3 is 2.56 bits per heavy atom. The average molecular weight is 238 g/mol. The van der Waals surface area contributed by atoms with Crippen LogP contribution in [-0.2, 0) is 14.3 Å². The topological polar surface area (TPSA) is 63.6 Å². The van der Waals surface area contributed by atoms with Crippen LogP contribution in [0, 0.1) is 11.8 Å². The summed E-state index contributed by atoms with van der Waals surface area (Å²) in [6.45, 7) is 0. The zero-order valence-corrected chi connectivity index (χ0v) is 8.25. The number of ketones is 1. The summed E-state index contributed by atoms with van der Waals surface area (Å²) in [5, 5.41) is 9.21. The van der Waals surface area contributed by atoms with E-state index in [2.05, 4.69) is 4.74 Å². The molecule has 1 N–H and O–H groups in total. The second kappa shape index (κ2) is 4.15. The second-order valence-corrected chi connectivity index (χ2v) is 3.39. The highest BCUT2D eigenvalue weighted by Crippen LogP contribution is 2.40. The van der Waals surface area contributed by atoms with E-state index in [1.807, 2.05) is 0 Å². The zero-order chi connectivity index (χ0) is 12.5. The quantitative estimate of drug-likeness (QED) is 0.701. The van der Waals surface area contributed by atoms with Crippen molar-refractivity contribution in [2.45, 2.75) is 12.6 Å². The maximum atomic E-state index is 12.5. The third-order valence-corrected chi connectivity index (χ3v) is 2.33. The summed E-state index contributed by atoms with van der Waals surface area (Å²) in [4.78, 5) is 22.0. The molecule has 90 valence electrons. The summed E-state index contributed by atoms with van der Waals surface area (Å²) in [5.41, 5.74) is 0. The number of ether oxygens (including phenoxy) is 1. The van der Waals surface area contributed by atoms with Crippen LogP contribution in [0.5, 0.6) is 0 Å². The molecular formula is C9H9F3O4. The van der Waals surface area contributed by atoms with Crippen LogP contribution in [0.1, 0.15) is 6.42 Å². The standard InChI is InChI=1S/C9H9F3O4/c1-16-8(15)7-5(9(10,11)12)2-4(13)3-6(7)14/h3,5,7,14H,2H2,1H3/t5-,7+/m1/s1. The molecular weight excluding hydrogens is 229 g/mol. The third kappa shape index (κ3) is 2.34. The van der Waals surface area contributed by atoms with Crippen molar-refractivity contribution >= 4 is 11.8 Å². The lowest BCUT2D eigenvalue weighted by Gasteiger charge is -2.28. The van der Waals surface area contributed by atoms with Gasteiger partial charge in [-0.05, 0) is 0 Å². The first-order valence-corrected chi connectivity index (χ1v) is 4.35. The number of rotatable bonds is 1. The van der Waals surface area contributed by atoms with Gasteiger partial charge in [-0.3, -0.25) is 9.59 Å². The van der Waals surface area contributed by atoms with Gasteiger partial charge in [-0.2, -0.15) is 13.2 Å². The molecule has 0 aromatic carbocycles. The van der Waals surface area contributed by atoms with Gasteiger partial charge >= 0.3 is 12.1 Å². The van der Waals surface area contributed by atoms with E-state index in [9.17, 15) is 27.9 Å². The molecule has 0 aromatic rings. The molecule has 0 aliphatic heterocycles. The molecule has 1 aliphatic carbocycles. The van der Waals surface area contributed by atoms with Gasteiger partial charge in [0.1, 0.15) is 11.7 Å². The monoisotopic (exact) mass is 238 g/mol. The highest BCUT2D eigenvalue weighted by atomic mass is 19.4. The van der Waals surface area contributed by atoms with Gasteiger partial charge in [-0.25, -0.2) is 0 Å². The predicted octanol–water partition coefficient (Wildman–Crippen LogP) is 1.37. The Bertz CT molecular complexity index is 345. The van der Waals surface area contributed by atoms with Crippen LogP contribution in [-0.4, -0.2) is 30.1 Å². The van der Waals surface area contributed by atoms with E-state index >= 15 is 0 Å². The zero-order valence-electron chi connectivity index (χ0n) is 8.25. The largest absolute Gasteiger partial charge is 0.511 e. The van der Waals surface area contributed by atoms with Crippen LogP contribution in [0.15, 0.2) is 11.8 Å². The lowest BCUT2D eigenvalue weighted by molar-refractivity contribution is -0.199. The lowest BCUT2D eigenvalue weighted by atomic mass is 9.81. The van der Waals surface area contributed by atoms with Gasteiger partial charge in [0, 0.05) is 12.5 Å². The number of hydrogen-bond donors (Lipinski definition) is 1. The number of esters is 1. The number of aliphatic hydroxyl groups excluding tert-OH is 1. The van der Waals surface area contributed by atoms with Gasteiger partial charge in [-0.15, -0.1) is 0 Å². The molecule has 2 atom stereocenters. The first kappa shape index (κ1) is 12.5. The highest BCUT2D eigenvalue weighted by molar-refractivity contribution is 5.93. The van der Waals surface area contributed by atoms with E-state index in [0.29, 0.717) is 6.08 Å². The van der Waals surface area contributed by atoms with Gasteiger partial charge in [0.25, 0.3) is 0 Å². The van der Waals surface area contributed by atoms with Crippen molar-refractivity contribution in [2.75, 3.05) is 7.11 Å². The van der Waals surface area contributed by atoms with E-state index in [1.54, 1.807) is 0 Å². The van der Waals surface area contributed by atoms with E-state index in [0.717, 1.165) is 7.11 Å². The fraction of sp³-hybridized carbons (Fsp3) is 0.556. The Balaban J connectivity index is 3.11. The number of halogens is 3. The van der Waals surface area contributed by atoms with Gasteiger partial charge in [-0.1, -0.05) is 0 Å². The normalized spacial score (nSPS) is 26.2. The van der Waals surface area contributed by atoms with Gasteiger partial charge in [0.05, 0.1) is 13.0 Å². The number of allylic oxidation sites excluding steroid dienone is 1. The van der Waals surface area contributed by atoms with Crippen molar-refractivity contribution < 1.29 is 32.6 Å². The molecule has 7 heteroatoms. The van der Waals surface area contributed by atoms with Gasteiger partial charge in [0.15, 0.2) is 5.78 Å². The summed E-state index contributed by atoms with van der Waals surface area (Å²) in [6.07, 6.45) is -4.96. The fourth-order valence-corrected chi connectivity index (χ4v) is 1.57. The van der Waals surface area contributed by atoms with Gasteiger partial charge in [0.2, 0.25) is 0 Å². The Morgan fingerprint density at radius 2 is 2.12 bits per heavy atom. The minimum absolute atomic E-state index is 0.629. The Morgan fingerprint density at radius 1 is 1.56 bits per heavy atom. The molecule has 0 saturated carbocycles. The summed E-state index contributed by atoms with van der Waals surface area (Å²) < 4.78 is 41.8. The average Bonchev–Trinajstić information content (AvgIpc) is 2.14. The molecule has 1 rings (SSSR count). The molecule has 16 heavy (non-hydrogen) atoms. The Labute approximate surface area is 88.7 Å². The minimum Gasteiger partial charge on any atom is -0.511 e. The molecule has 0 radical (unpaired) electrons. The van der Waals surface area contributed by atoms with Crippen LogP contribution in [0.3, 0.4) is 0 Å². The van der Waals surface area contributed by atoms with Crippen LogP contribution in [0.4, 0.5) is 13.2 Å². The first-order valence-electron chi connectivity index (χ1n) is 4.35. The third-order valence-electron chi connectivity index (χ3n) is 2.33. The van der Waals surface area contributed by atoms with Crippen LogP contribution in [0.2, 0.25) is 0 Å². The molecule has 1 aliphatic rings. The summed E-state index contributed by atoms with van der Waals surface area (Å²) in [7, 11) is 0.916. The number of hydrogen-bond acceptors (Lipinski definition) is 4. The second-order valence-electron chi connectivity index (χ2n) is 3.39. The fourth-order valence-electron chi connectivity index (χ4n) is 1.57. The van der Waals surface area contributed by atoms with Crippen LogP contribution in [0.25, 0.3) is 0 Å². The van der Waals surface area contributed by atoms with Gasteiger partial charge < -0.3 is 9.84 Å². The van der Waals surface area contributed by atoms with Crippen molar-refractivity contribution in [3.8, 4) is 0 Å². The van der Waals surface area contributed by atoms with Crippen molar-refractivity contribution in [1.29, 1.82) is 0 Å². The van der Waals surface area contributed by atoms with E-state index in [4.69, 9.17) is 0 Å². The maximum absolute atomic E-state index is 12.5. The number of carbonyl (C=O) groups is 2. The number of aliphatic hydroxyl groups is 1. The van der Waals surface area contributed by atoms with Crippen molar-refractivity contribution in [2.24, 2.45) is 11.8 Å². The summed E-state index contributed by atoms with van der Waals surface area (Å²) >= 11 is 0. The molecule has 0 aromatic heterocycles. The SMILES string of the molecule is COC(=O)[C@@H]1C(O)=CC(=O)C[C@H]1C(F)(F)F. The summed E-state index contributed by atoms with van der Waals surface area (Å²) in [6, 6.07) is 0. The summed E-state index contributed by atoms with van der Waals surface area (Å²) in [5.74, 6) is -7.03. The first-order chi connectivity index (χ1) is 7.27. The smallest absolute Gasteiger partial charge is 0.393 e. The van der Waals surface area contributed by atoms with Crippen LogP contribution < -0.4 is 0 Å². The lowest BCUT2D eigenvalue weighted by Crippen LogP contribution is -2.40. The Hall–Kier alpha value is -1.53. The van der Waals surface area contributed by atoms with Crippen molar-refractivity contribution in [1.82, 2.24) is 0 Å². The molecule has 4 nitrogen and oxygen atoms in total. The number of carbonyl (C=O) groups excluding carboxylic acids is 2. The molecule has 0 spiro atoms. The maximum Gasteiger partial charge on any atom is 0.393 e. The molecule has 0 bridgehead atoms. The van der Waals surface area contributed by atoms with Crippen molar-refractivity contribution in [3.05, 3.63) is 11.8 Å². The molecule has 0 fully saturated rings. The molecule has 0 heterocycles. The predicted molar refractivity (Wildman–Crippen MR) is 45.4 cm³/mol. The molecule has 0 unspecified atom stereocenters. The minimum atomic E-state index is -4.74. The van der Waals surface area contributed by atoms with E-state index in [-0.39, 0.29) is 0 Å². The molecule has 0 amide bonds. The van der Waals surface area contributed by atoms with Crippen LogP contribution >= 0.6 is 0 Å². The van der Waals surface area contributed by atoms with E-state index in [1.165, 1.54) is 0 Å². The number of alkyl halides is 3.